The predicted octanol–water partition coefficient (Wildman–Crippen LogP) is 1.72. The summed E-state index contributed by atoms with van der Waals surface area (Å²) in [6.45, 7) is 1.66. The standard InChI is InChI=1S/C13H19ClN2O3S/c1-16(10-5-7-15-8-6-10)20(17,18)13-9-11(19-2)3-4-12(13)14/h3-4,9-10,15H,5-8H2,1-2H3. The van der Waals surface area contributed by atoms with Crippen molar-refractivity contribution < 1.29 is 13.2 Å². The SMILES string of the molecule is COc1ccc(Cl)c(S(=O)(=O)N(C)C2CCNCC2)c1. The Morgan fingerprint density at radius 1 is 1.35 bits per heavy atom. The minimum Gasteiger partial charge on any atom is -0.497 e. The zero-order chi connectivity index (χ0) is 14.8. The fourth-order valence-electron chi connectivity index (χ4n) is 2.33. The Bertz CT molecular complexity index is 571. The summed E-state index contributed by atoms with van der Waals surface area (Å²) in [5.41, 5.74) is 0. The van der Waals surface area contributed by atoms with Crippen LogP contribution in [0.5, 0.6) is 5.75 Å². The molecule has 5 nitrogen and oxygen atoms in total. The minimum absolute atomic E-state index is 0.00326. The molecule has 0 aliphatic carbocycles. The lowest BCUT2D eigenvalue weighted by molar-refractivity contribution is 0.296. The van der Waals surface area contributed by atoms with Crippen LogP contribution in [0, 0.1) is 0 Å². The second kappa shape index (κ2) is 6.30. The first-order chi connectivity index (χ1) is 9.46. The summed E-state index contributed by atoms with van der Waals surface area (Å²) in [5, 5.41) is 3.44. The van der Waals surface area contributed by atoms with Gasteiger partial charge in [-0.2, -0.15) is 4.31 Å². The quantitative estimate of drug-likeness (QED) is 0.918. The largest absolute Gasteiger partial charge is 0.497 e. The highest BCUT2D eigenvalue weighted by molar-refractivity contribution is 7.89. The molecule has 0 aromatic heterocycles. The van der Waals surface area contributed by atoms with E-state index in [-0.39, 0.29) is 16.0 Å². The normalized spacial score (nSPS) is 17.4. The van der Waals surface area contributed by atoms with Crippen LogP contribution in [0.25, 0.3) is 0 Å². The van der Waals surface area contributed by atoms with Crippen molar-refractivity contribution in [3.8, 4) is 5.75 Å². The lowest BCUT2D eigenvalue weighted by Crippen LogP contribution is -2.43. The number of hydrogen-bond donors (Lipinski definition) is 1. The van der Waals surface area contributed by atoms with Gasteiger partial charge in [0.2, 0.25) is 10.0 Å². The molecule has 0 amide bonds. The van der Waals surface area contributed by atoms with Crippen LogP contribution in [0.15, 0.2) is 23.1 Å². The number of nitrogens with one attached hydrogen (secondary N) is 1. The van der Waals surface area contributed by atoms with Crippen LogP contribution in [-0.2, 0) is 10.0 Å². The van der Waals surface area contributed by atoms with E-state index < -0.39 is 10.0 Å². The molecule has 0 atom stereocenters. The fraction of sp³-hybridized carbons (Fsp3) is 0.538. The van der Waals surface area contributed by atoms with Crippen molar-refractivity contribution in [3.63, 3.8) is 0 Å². The number of halogens is 1. The Balaban J connectivity index is 2.33. The number of methoxy groups -OCH3 is 1. The molecule has 0 unspecified atom stereocenters. The molecule has 112 valence electrons. The first-order valence-corrected chi connectivity index (χ1v) is 8.31. The van der Waals surface area contributed by atoms with Crippen LogP contribution in [0.3, 0.4) is 0 Å². The van der Waals surface area contributed by atoms with Crippen LogP contribution in [0.2, 0.25) is 5.02 Å². The van der Waals surface area contributed by atoms with Crippen LogP contribution in [0.4, 0.5) is 0 Å². The number of piperidine rings is 1. The molecule has 0 spiro atoms. The van der Waals surface area contributed by atoms with Crippen molar-refractivity contribution in [2.45, 2.75) is 23.8 Å². The molecular formula is C13H19ClN2O3S. The molecule has 1 aromatic rings. The topological polar surface area (TPSA) is 58.6 Å². The van der Waals surface area contributed by atoms with Crippen molar-refractivity contribution in [3.05, 3.63) is 23.2 Å². The highest BCUT2D eigenvalue weighted by Crippen LogP contribution is 2.30. The van der Waals surface area contributed by atoms with Gasteiger partial charge in [-0.1, -0.05) is 11.6 Å². The number of sulfonamides is 1. The Morgan fingerprint density at radius 3 is 2.60 bits per heavy atom. The van der Waals surface area contributed by atoms with Gasteiger partial charge in [0, 0.05) is 19.2 Å². The molecule has 1 N–H and O–H groups in total. The molecule has 1 fully saturated rings. The molecule has 1 saturated heterocycles. The van der Waals surface area contributed by atoms with E-state index in [4.69, 9.17) is 16.3 Å². The van der Waals surface area contributed by atoms with Gasteiger partial charge in [0.15, 0.2) is 0 Å². The molecule has 0 radical (unpaired) electrons. The molecule has 1 heterocycles. The first-order valence-electron chi connectivity index (χ1n) is 6.49. The number of ether oxygens (including phenoxy) is 1. The third kappa shape index (κ3) is 3.09. The first kappa shape index (κ1) is 15.6. The minimum atomic E-state index is -3.61. The van der Waals surface area contributed by atoms with Crippen LogP contribution >= 0.6 is 11.6 Å². The van der Waals surface area contributed by atoms with E-state index in [0.29, 0.717) is 5.75 Å². The molecule has 20 heavy (non-hydrogen) atoms. The van der Waals surface area contributed by atoms with Crippen LogP contribution in [-0.4, -0.2) is 46.0 Å². The predicted molar refractivity (Wildman–Crippen MR) is 78.8 cm³/mol. The molecule has 1 aromatic carbocycles. The summed E-state index contributed by atoms with van der Waals surface area (Å²) < 4.78 is 31.9. The third-order valence-corrected chi connectivity index (χ3v) is 6.01. The monoisotopic (exact) mass is 318 g/mol. The Morgan fingerprint density at radius 2 is 2.00 bits per heavy atom. The van der Waals surface area contributed by atoms with Gasteiger partial charge in [-0.05, 0) is 38.1 Å². The molecule has 1 aliphatic heterocycles. The number of hydrogen-bond acceptors (Lipinski definition) is 4. The van der Waals surface area contributed by atoms with Gasteiger partial charge in [0.1, 0.15) is 10.6 Å². The molecule has 1 aliphatic rings. The van der Waals surface area contributed by atoms with Gasteiger partial charge in [0.05, 0.1) is 12.1 Å². The van der Waals surface area contributed by atoms with Crippen LogP contribution < -0.4 is 10.1 Å². The lowest BCUT2D eigenvalue weighted by Gasteiger charge is -2.31. The van der Waals surface area contributed by atoms with Gasteiger partial charge < -0.3 is 10.1 Å². The summed E-state index contributed by atoms with van der Waals surface area (Å²) >= 11 is 6.05. The van der Waals surface area contributed by atoms with Crippen LogP contribution in [0.1, 0.15) is 12.8 Å². The van der Waals surface area contributed by atoms with E-state index in [1.54, 1.807) is 19.2 Å². The fourth-order valence-corrected chi connectivity index (χ4v) is 4.23. The second-order valence-electron chi connectivity index (χ2n) is 4.80. The Kier molecular flexibility index (Phi) is 4.90. The average molecular weight is 319 g/mol. The van der Waals surface area contributed by atoms with E-state index >= 15 is 0 Å². The van der Waals surface area contributed by atoms with E-state index in [2.05, 4.69) is 5.32 Å². The highest BCUT2D eigenvalue weighted by Gasteiger charge is 2.30. The molecular weight excluding hydrogens is 300 g/mol. The molecule has 0 bridgehead atoms. The van der Waals surface area contributed by atoms with Gasteiger partial charge in [0.25, 0.3) is 0 Å². The molecule has 0 saturated carbocycles. The van der Waals surface area contributed by atoms with E-state index in [9.17, 15) is 8.42 Å². The molecule has 2 rings (SSSR count). The second-order valence-corrected chi connectivity index (χ2v) is 7.17. The smallest absolute Gasteiger partial charge is 0.244 e. The summed E-state index contributed by atoms with van der Waals surface area (Å²) in [4.78, 5) is 0.0968. The summed E-state index contributed by atoms with van der Waals surface area (Å²) in [7, 11) is -0.500. The van der Waals surface area contributed by atoms with Gasteiger partial charge in [-0.25, -0.2) is 8.42 Å². The maximum absolute atomic E-state index is 12.7. The van der Waals surface area contributed by atoms with Crippen molar-refractivity contribution in [2.75, 3.05) is 27.2 Å². The summed E-state index contributed by atoms with van der Waals surface area (Å²) in [6.07, 6.45) is 1.61. The third-order valence-electron chi connectivity index (χ3n) is 3.62. The van der Waals surface area contributed by atoms with Gasteiger partial charge >= 0.3 is 0 Å². The van der Waals surface area contributed by atoms with Crippen molar-refractivity contribution >= 4 is 21.6 Å². The van der Waals surface area contributed by atoms with Crippen molar-refractivity contribution in [1.29, 1.82) is 0 Å². The zero-order valence-corrected chi connectivity index (χ0v) is 13.2. The molecule has 7 heteroatoms. The Hall–Kier alpha value is -0.820. The van der Waals surface area contributed by atoms with Crippen molar-refractivity contribution in [2.24, 2.45) is 0 Å². The van der Waals surface area contributed by atoms with E-state index in [0.717, 1.165) is 25.9 Å². The maximum Gasteiger partial charge on any atom is 0.244 e. The number of rotatable bonds is 4. The van der Waals surface area contributed by atoms with E-state index in [1.807, 2.05) is 0 Å². The maximum atomic E-state index is 12.7. The van der Waals surface area contributed by atoms with Gasteiger partial charge in [-0.15, -0.1) is 0 Å². The van der Waals surface area contributed by atoms with E-state index in [1.165, 1.54) is 17.5 Å². The van der Waals surface area contributed by atoms with Crippen molar-refractivity contribution in [1.82, 2.24) is 9.62 Å². The van der Waals surface area contributed by atoms with Gasteiger partial charge in [-0.3, -0.25) is 0 Å². The highest BCUT2D eigenvalue weighted by atomic mass is 35.5. The average Bonchev–Trinajstić information content (AvgIpc) is 2.47. The summed E-state index contributed by atoms with van der Waals surface area (Å²) in [6, 6.07) is 4.66. The number of nitrogens with zero attached hydrogens (tertiary/aromatic N) is 1. The summed E-state index contributed by atoms with van der Waals surface area (Å²) in [5.74, 6) is 0.478. The Labute approximate surface area is 124 Å². The zero-order valence-electron chi connectivity index (χ0n) is 11.6. The lowest BCUT2D eigenvalue weighted by atomic mass is 10.1. The number of benzene rings is 1.